The molecule has 1 aromatic carbocycles. The maximum atomic E-state index is 5.78. The fraction of sp³-hybridized carbons (Fsp3) is 0.471. The normalized spacial score (nSPS) is 8.15. The molecule has 2 rings (SSSR count). The van der Waals surface area contributed by atoms with Crippen LogP contribution in [0.15, 0.2) is 42.9 Å². The molecule has 2 aromatic rings. The first-order chi connectivity index (χ1) is 9.90. The molecule has 0 saturated heterocycles. The van der Waals surface area contributed by atoms with Gasteiger partial charge in [-0.05, 0) is 5.56 Å². The summed E-state index contributed by atoms with van der Waals surface area (Å²) in [5.74, 6) is 0.507. The van der Waals surface area contributed by atoms with E-state index in [0.717, 1.165) is 12.2 Å². The summed E-state index contributed by atoms with van der Waals surface area (Å²) in [4.78, 5) is 4.07. The zero-order valence-corrected chi connectivity index (χ0v) is 14.5. The molecule has 0 unspecified atom stereocenters. The van der Waals surface area contributed by atoms with Crippen molar-refractivity contribution >= 4 is 11.6 Å². The van der Waals surface area contributed by atoms with E-state index in [1.807, 2.05) is 66.1 Å². The molecule has 0 spiro atoms. The molecule has 0 fully saturated rings. The van der Waals surface area contributed by atoms with Crippen molar-refractivity contribution < 1.29 is 0 Å². The van der Waals surface area contributed by atoms with Crippen molar-refractivity contribution in [3.8, 4) is 0 Å². The molecular formula is C17H29ClN2. The molecule has 0 N–H and O–H groups in total. The third kappa shape index (κ3) is 8.00. The van der Waals surface area contributed by atoms with Gasteiger partial charge in [0.15, 0.2) is 0 Å². The van der Waals surface area contributed by atoms with Crippen LogP contribution in [0.25, 0.3) is 0 Å². The number of hydrogen-bond acceptors (Lipinski definition) is 1. The number of rotatable bonds is 3. The lowest BCUT2D eigenvalue weighted by Crippen LogP contribution is -2.01. The number of benzene rings is 1. The topological polar surface area (TPSA) is 17.8 Å². The van der Waals surface area contributed by atoms with Gasteiger partial charge in [0.2, 0.25) is 0 Å². The van der Waals surface area contributed by atoms with Crippen LogP contribution in [0.2, 0.25) is 0 Å². The van der Waals surface area contributed by atoms with Crippen LogP contribution in [0, 0.1) is 0 Å². The van der Waals surface area contributed by atoms with Gasteiger partial charge in [0.25, 0.3) is 0 Å². The van der Waals surface area contributed by atoms with E-state index in [1.54, 1.807) is 6.20 Å². The minimum atomic E-state index is 0.507. The molecule has 1 heterocycles. The van der Waals surface area contributed by atoms with Gasteiger partial charge in [0.05, 0.1) is 17.9 Å². The fourth-order valence-electron chi connectivity index (χ4n) is 1.38. The number of imidazole rings is 1. The fourth-order valence-corrected chi connectivity index (χ4v) is 1.60. The lowest BCUT2D eigenvalue weighted by atomic mass is 10.2. The Morgan fingerprint density at radius 2 is 1.50 bits per heavy atom. The van der Waals surface area contributed by atoms with Crippen molar-refractivity contribution in [2.24, 2.45) is 0 Å². The van der Waals surface area contributed by atoms with Gasteiger partial charge in [-0.3, -0.25) is 0 Å². The van der Waals surface area contributed by atoms with Crippen molar-refractivity contribution in [3.63, 3.8) is 0 Å². The number of halogens is 1. The SMILES string of the molecule is CC.CC.CC.ClCc1cncn1Cc1ccccc1. The molecule has 0 saturated carbocycles. The molecule has 114 valence electrons. The molecule has 20 heavy (non-hydrogen) atoms. The summed E-state index contributed by atoms with van der Waals surface area (Å²) >= 11 is 5.78. The maximum Gasteiger partial charge on any atom is 0.0951 e. The summed E-state index contributed by atoms with van der Waals surface area (Å²) in [7, 11) is 0. The highest BCUT2D eigenvalue weighted by atomic mass is 35.5. The lowest BCUT2D eigenvalue weighted by Gasteiger charge is -2.05. The summed E-state index contributed by atoms with van der Waals surface area (Å²) in [5, 5.41) is 0. The molecule has 0 aliphatic carbocycles. The second kappa shape index (κ2) is 15.8. The summed E-state index contributed by atoms with van der Waals surface area (Å²) < 4.78 is 2.06. The van der Waals surface area contributed by atoms with E-state index in [0.29, 0.717) is 5.88 Å². The van der Waals surface area contributed by atoms with Gasteiger partial charge in [-0.2, -0.15) is 0 Å². The second-order valence-electron chi connectivity index (χ2n) is 3.13. The van der Waals surface area contributed by atoms with E-state index in [9.17, 15) is 0 Å². The van der Waals surface area contributed by atoms with Crippen LogP contribution < -0.4 is 0 Å². The van der Waals surface area contributed by atoms with Crippen LogP contribution in [-0.2, 0) is 12.4 Å². The summed E-state index contributed by atoms with van der Waals surface area (Å²) in [6.45, 7) is 12.8. The Bertz CT molecular complexity index is 396. The van der Waals surface area contributed by atoms with Gasteiger partial charge < -0.3 is 4.57 Å². The average Bonchev–Trinajstić information content (AvgIpc) is 3.01. The maximum absolute atomic E-state index is 5.78. The van der Waals surface area contributed by atoms with E-state index in [1.165, 1.54) is 5.56 Å². The van der Waals surface area contributed by atoms with E-state index >= 15 is 0 Å². The first kappa shape index (κ1) is 21.0. The highest BCUT2D eigenvalue weighted by Gasteiger charge is 2.00. The molecule has 3 heteroatoms. The predicted molar refractivity (Wildman–Crippen MR) is 91.4 cm³/mol. The average molecular weight is 297 g/mol. The Labute approximate surface area is 129 Å². The number of nitrogens with zero attached hydrogens (tertiary/aromatic N) is 2. The van der Waals surface area contributed by atoms with Crippen molar-refractivity contribution in [2.45, 2.75) is 54.0 Å². The monoisotopic (exact) mass is 296 g/mol. The van der Waals surface area contributed by atoms with Gasteiger partial charge in [-0.15, -0.1) is 11.6 Å². The third-order valence-corrected chi connectivity index (χ3v) is 2.41. The summed E-state index contributed by atoms with van der Waals surface area (Å²) in [6, 6.07) is 10.3. The molecule has 0 radical (unpaired) electrons. The van der Waals surface area contributed by atoms with Crippen LogP contribution >= 0.6 is 11.6 Å². The van der Waals surface area contributed by atoms with Crippen molar-refractivity contribution in [2.75, 3.05) is 0 Å². The molecule has 0 aliphatic heterocycles. The zero-order chi connectivity index (χ0) is 15.8. The van der Waals surface area contributed by atoms with Gasteiger partial charge >= 0.3 is 0 Å². The zero-order valence-electron chi connectivity index (χ0n) is 13.7. The Morgan fingerprint density at radius 3 is 2.00 bits per heavy atom. The molecule has 0 aliphatic rings. The van der Waals surface area contributed by atoms with Crippen molar-refractivity contribution in [1.29, 1.82) is 0 Å². The largest absolute Gasteiger partial charge is 0.329 e. The molecular weight excluding hydrogens is 268 g/mol. The second-order valence-corrected chi connectivity index (χ2v) is 3.40. The first-order valence-electron chi connectivity index (χ1n) is 7.49. The third-order valence-electron chi connectivity index (χ3n) is 2.13. The van der Waals surface area contributed by atoms with E-state index in [4.69, 9.17) is 11.6 Å². The smallest absolute Gasteiger partial charge is 0.0951 e. The van der Waals surface area contributed by atoms with Crippen LogP contribution in [0.1, 0.15) is 52.8 Å². The Hall–Kier alpha value is -1.28. The van der Waals surface area contributed by atoms with Crippen LogP contribution in [-0.4, -0.2) is 9.55 Å². The molecule has 0 amide bonds. The Kier molecular flexibility index (Phi) is 16.6. The predicted octanol–water partition coefficient (Wildman–Crippen LogP) is 5.75. The minimum absolute atomic E-state index is 0.507. The minimum Gasteiger partial charge on any atom is -0.329 e. The van der Waals surface area contributed by atoms with E-state index < -0.39 is 0 Å². The van der Waals surface area contributed by atoms with Gasteiger partial charge in [-0.1, -0.05) is 71.9 Å². The van der Waals surface area contributed by atoms with Crippen molar-refractivity contribution in [3.05, 3.63) is 54.1 Å². The molecule has 0 atom stereocenters. The standard InChI is InChI=1S/C11H11ClN2.3C2H6/c12-6-11-7-13-9-14(11)8-10-4-2-1-3-5-10;3*1-2/h1-5,7,9H,6,8H2;3*1-2H3. The first-order valence-corrected chi connectivity index (χ1v) is 8.02. The van der Waals surface area contributed by atoms with Gasteiger partial charge in [0, 0.05) is 12.7 Å². The van der Waals surface area contributed by atoms with Gasteiger partial charge in [-0.25, -0.2) is 4.98 Å². The quantitative estimate of drug-likeness (QED) is 0.660. The summed E-state index contributed by atoms with van der Waals surface area (Å²) in [5.41, 5.74) is 2.31. The lowest BCUT2D eigenvalue weighted by molar-refractivity contribution is 0.765. The Balaban J connectivity index is 0. The van der Waals surface area contributed by atoms with Crippen LogP contribution in [0.4, 0.5) is 0 Å². The van der Waals surface area contributed by atoms with Crippen LogP contribution in [0.5, 0.6) is 0 Å². The van der Waals surface area contributed by atoms with Gasteiger partial charge in [0.1, 0.15) is 0 Å². The molecule has 1 aromatic heterocycles. The van der Waals surface area contributed by atoms with Crippen molar-refractivity contribution in [1.82, 2.24) is 9.55 Å². The summed E-state index contributed by atoms with van der Waals surface area (Å²) in [6.07, 6.45) is 3.61. The number of alkyl halides is 1. The highest BCUT2D eigenvalue weighted by Crippen LogP contribution is 2.07. The molecule has 0 bridgehead atoms. The van der Waals surface area contributed by atoms with E-state index in [-0.39, 0.29) is 0 Å². The number of hydrogen-bond donors (Lipinski definition) is 0. The van der Waals surface area contributed by atoms with Crippen LogP contribution in [0.3, 0.4) is 0 Å². The molecule has 2 nitrogen and oxygen atoms in total. The number of aromatic nitrogens is 2. The van der Waals surface area contributed by atoms with E-state index in [2.05, 4.69) is 21.7 Å². The highest BCUT2D eigenvalue weighted by molar-refractivity contribution is 6.16. The Morgan fingerprint density at radius 1 is 0.950 bits per heavy atom.